The van der Waals surface area contributed by atoms with Crippen LogP contribution < -0.4 is 15.5 Å². The number of hydrogen-bond donors (Lipinski definition) is 2. The summed E-state index contributed by atoms with van der Waals surface area (Å²) in [6.45, 7) is 2.76. The predicted octanol–water partition coefficient (Wildman–Crippen LogP) is 3.58. The second kappa shape index (κ2) is 7.02. The summed E-state index contributed by atoms with van der Waals surface area (Å²) in [4.78, 5) is 25.8. The number of amides is 3. The normalized spacial score (nSPS) is 19.0. The number of carbonyl (C=O) groups excluding carboxylic acids is 2. The standard InChI is InChI=1S/C18H25N3O2/c1-13-12-15(9-10-16(13)21-11-5-8-17(21)22)20-18(23)19-14-6-3-2-4-7-14/h9-10,12,14H,2-8,11H2,1H3,(H2,19,20,23). The molecule has 1 heterocycles. The molecule has 0 bridgehead atoms. The van der Waals surface area contributed by atoms with E-state index in [1.54, 1.807) is 0 Å². The third-order valence-electron chi connectivity index (χ3n) is 4.76. The second-order valence-corrected chi connectivity index (χ2v) is 6.58. The van der Waals surface area contributed by atoms with Crippen molar-refractivity contribution < 1.29 is 9.59 Å². The van der Waals surface area contributed by atoms with Crippen LogP contribution in [0.4, 0.5) is 16.2 Å². The van der Waals surface area contributed by atoms with Gasteiger partial charge in [0.15, 0.2) is 0 Å². The first-order chi connectivity index (χ1) is 11.1. The lowest BCUT2D eigenvalue weighted by atomic mass is 9.96. The Labute approximate surface area is 137 Å². The highest BCUT2D eigenvalue weighted by molar-refractivity contribution is 5.96. The van der Waals surface area contributed by atoms with Crippen molar-refractivity contribution in [3.8, 4) is 0 Å². The van der Waals surface area contributed by atoms with Crippen LogP contribution in [-0.2, 0) is 4.79 Å². The molecule has 0 spiro atoms. The lowest BCUT2D eigenvalue weighted by Crippen LogP contribution is -2.39. The van der Waals surface area contributed by atoms with Crippen LogP contribution in [0, 0.1) is 6.92 Å². The molecule has 0 aromatic heterocycles. The van der Waals surface area contributed by atoms with Crippen LogP contribution in [0.5, 0.6) is 0 Å². The topological polar surface area (TPSA) is 61.4 Å². The van der Waals surface area contributed by atoms with Crippen molar-refractivity contribution >= 4 is 23.3 Å². The van der Waals surface area contributed by atoms with E-state index in [4.69, 9.17) is 0 Å². The first-order valence-electron chi connectivity index (χ1n) is 8.62. The summed E-state index contributed by atoms with van der Waals surface area (Å²) in [5, 5.41) is 5.95. The Balaban J connectivity index is 1.61. The Kier molecular flexibility index (Phi) is 4.84. The van der Waals surface area contributed by atoms with Gasteiger partial charge in [-0.1, -0.05) is 19.3 Å². The van der Waals surface area contributed by atoms with Crippen molar-refractivity contribution in [2.45, 2.75) is 57.9 Å². The van der Waals surface area contributed by atoms with Crippen LogP contribution in [0.3, 0.4) is 0 Å². The van der Waals surface area contributed by atoms with Crippen molar-refractivity contribution in [3.63, 3.8) is 0 Å². The maximum Gasteiger partial charge on any atom is 0.319 e. The molecule has 2 aliphatic rings. The molecule has 2 N–H and O–H groups in total. The molecule has 1 aromatic carbocycles. The van der Waals surface area contributed by atoms with E-state index < -0.39 is 0 Å². The maximum absolute atomic E-state index is 12.1. The molecule has 1 aliphatic carbocycles. The molecule has 124 valence electrons. The fourth-order valence-corrected chi connectivity index (χ4v) is 3.54. The highest BCUT2D eigenvalue weighted by Crippen LogP contribution is 2.27. The van der Waals surface area contributed by atoms with Gasteiger partial charge in [0.25, 0.3) is 0 Å². The number of carbonyl (C=O) groups is 2. The van der Waals surface area contributed by atoms with Crippen LogP contribution in [0.15, 0.2) is 18.2 Å². The lowest BCUT2D eigenvalue weighted by molar-refractivity contribution is -0.117. The van der Waals surface area contributed by atoms with E-state index in [0.717, 1.165) is 42.7 Å². The third-order valence-corrected chi connectivity index (χ3v) is 4.76. The highest BCUT2D eigenvalue weighted by Gasteiger charge is 2.23. The number of hydrogen-bond acceptors (Lipinski definition) is 2. The quantitative estimate of drug-likeness (QED) is 0.895. The highest BCUT2D eigenvalue weighted by atomic mass is 16.2. The number of benzene rings is 1. The Hall–Kier alpha value is -2.04. The van der Waals surface area contributed by atoms with Crippen molar-refractivity contribution in [2.75, 3.05) is 16.8 Å². The van der Waals surface area contributed by atoms with Crippen molar-refractivity contribution in [1.82, 2.24) is 5.32 Å². The average molecular weight is 315 g/mol. The minimum atomic E-state index is -0.138. The van der Waals surface area contributed by atoms with Gasteiger partial charge >= 0.3 is 6.03 Å². The van der Waals surface area contributed by atoms with Gasteiger partial charge in [-0.3, -0.25) is 4.79 Å². The van der Waals surface area contributed by atoms with E-state index in [9.17, 15) is 9.59 Å². The van der Waals surface area contributed by atoms with Crippen LogP contribution in [0.25, 0.3) is 0 Å². The van der Waals surface area contributed by atoms with Crippen molar-refractivity contribution in [3.05, 3.63) is 23.8 Å². The van der Waals surface area contributed by atoms with E-state index in [0.29, 0.717) is 12.5 Å². The average Bonchev–Trinajstić information content (AvgIpc) is 2.94. The van der Waals surface area contributed by atoms with Gasteiger partial charge in [-0.2, -0.15) is 0 Å². The molecule has 5 nitrogen and oxygen atoms in total. The molecule has 0 radical (unpaired) electrons. The zero-order valence-corrected chi connectivity index (χ0v) is 13.7. The first-order valence-corrected chi connectivity index (χ1v) is 8.62. The van der Waals surface area contributed by atoms with E-state index in [1.807, 2.05) is 30.0 Å². The third kappa shape index (κ3) is 3.84. The minimum absolute atomic E-state index is 0.138. The van der Waals surface area contributed by atoms with Crippen LogP contribution in [0.1, 0.15) is 50.5 Å². The molecule has 5 heteroatoms. The lowest BCUT2D eigenvalue weighted by Gasteiger charge is -2.23. The van der Waals surface area contributed by atoms with Gasteiger partial charge in [0, 0.05) is 30.4 Å². The van der Waals surface area contributed by atoms with E-state index >= 15 is 0 Å². The molecule has 23 heavy (non-hydrogen) atoms. The van der Waals surface area contributed by atoms with Gasteiger partial charge in [0.05, 0.1) is 0 Å². The van der Waals surface area contributed by atoms with Gasteiger partial charge in [-0.05, 0) is 49.9 Å². The molecule has 3 rings (SSSR count). The molecule has 0 unspecified atom stereocenters. The molecular weight excluding hydrogens is 290 g/mol. The molecular formula is C18H25N3O2. The number of rotatable bonds is 3. The summed E-state index contributed by atoms with van der Waals surface area (Å²) in [6, 6.07) is 5.89. The predicted molar refractivity (Wildman–Crippen MR) is 91.8 cm³/mol. The summed E-state index contributed by atoms with van der Waals surface area (Å²) in [7, 11) is 0. The van der Waals surface area contributed by atoms with Gasteiger partial charge < -0.3 is 15.5 Å². The fourth-order valence-electron chi connectivity index (χ4n) is 3.54. The van der Waals surface area contributed by atoms with Gasteiger partial charge in [0.2, 0.25) is 5.91 Å². The van der Waals surface area contributed by atoms with Crippen LogP contribution in [0.2, 0.25) is 0 Å². The molecule has 0 atom stereocenters. The fraction of sp³-hybridized carbons (Fsp3) is 0.556. The SMILES string of the molecule is Cc1cc(NC(=O)NC2CCCCC2)ccc1N1CCCC1=O. The largest absolute Gasteiger partial charge is 0.335 e. The van der Waals surface area contributed by atoms with Gasteiger partial charge in [-0.25, -0.2) is 4.79 Å². The zero-order valence-electron chi connectivity index (χ0n) is 13.7. The molecule has 1 aromatic rings. The van der Waals surface area contributed by atoms with Crippen LogP contribution >= 0.6 is 0 Å². The Bertz CT molecular complexity index is 594. The monoisotopic (exact) mass is 315 g/mol. The second-order valence-electron chi connectivity index (χ2n) is 6.58. The summed E-state index contributed by atoms with van der Waals surface area (Å²) in [5.41, 5.74) is 2.73. The summed E-state index contributed by atoms with van der Waals surface area (Å²) in [5.74, 6) is 0.184. The smallest absolute Gasteiger partial charge is 0.319 e. The molecule has 2 fully saturated rings. The zero-order chi connectivity index (χ0) is 16.2. The number of nitrogens with zero attached hydrogens (tertiary/aromatic N) is 1. The minimum Gasteiger partial charge on any atom is -0.335 e. The number of aryl methyl sites for hydroxylation is 1. The Morgan fingerprint density at radius 2 is 1.96 bits per heavy atom. The summed E-state index contributed by atoms with van der Waals surface area (Å²) in [6.07, 6.45) is 7.36. The molecule has 1 saturated carbocycles. The summed E-state index contributed by atoms with van der Waals surface area (Å²) < 4.78 is 0. The number of urea groups is 1. The molecule has 3 amide bonds. The van der Waals surface area contributed by atoms with Gasteiger partial charge in [0.1, 0.15) is 0 Å². The number of nitrogens with one attached hydrogen (secondary N) is 2. The van der Waals surface area contributed by atoms with E-state index in [1.165, 1.54) is 19.3 Å². The summed E-state index contributed by atoms with van der Waals surface area (Å²) >= 11 is 0. The maximum atomic E-state index is 12.1. The van der Waals surface area contributed by atoms with Crippen molar-refractivity contribution in [1.29, 1.82) is 0 Å². The molecule has 1 aliphatic heterocycles. The van der Waals surface area contributed by atoms with E-state index in [-0.39, 0.29) is 11.9 Å². The van der Waals surface area contributed by atoms with Gasteiger partial charge in [-0.15, -0.1) is 0 Å². The molecule has 1 saturated heterocycles. The Morgan fingerprint density at radius 3 is 2.61 bits per heavy atom. The number of anilines is 2. The Morgan fingerprint density at radius 1 is 1.17 bits per heavy atom. The van der Waals surface area contributed by atoms with Crippen LogP contribution in [-0.4, -0.2) is 24.5 Å². The van der Waals surface area contributed by atoms with E-state index in [2.05, 4.69) is 10.6 Å². The first kappa shape index (κ1) is 15.8. The van der Waals surface area contributed by atoms with Crippen molar-refractivity contribution in [2.24, 2.45) is 0 Å².